The van der Waals surface area contributed by atoms with Crippen LogP contribution in [0.5, 0.6) is 0 Å². The molecule has 4 aromatic rings. The SMILES string of the molecule is Cc1ccccc1P(CC(C1=N[C@@H](C(C)(C)C)CO1)(c1ccccc1)c1ccccc1)c1ccccc1C. The van der Waals surface area contributed by atoms with Crippen molar-refractivity contribution in [2.75, 3.05) is 12.8 Å². The first kappa shape index (κ1) is 26.4. The van der Waals surface area contributed by atoms with Gasteiger partial charge in [-0.15, -0.1) is 0 Å². The van der Waals surface area contributed by atoms with Crippen molar-refractivity contribution < 1.29 is 4.74 Å². The summed E-state index contributed by atoms with van der Waals surface area (Å²) in [6.45, 7) is 11.9. The van der Waals surface area contributed by atoms with E-state index in [4.69, 9.17) is 9.73 Å². The van der Waals surface area contributed by atoms with Gasteiger partial charge in [0, 0.05) is 0 Å². The molecule has 4 aromatic carbocycles. The molecule has 0 aliphatic carbocycles. The van der Waals surface area contributed by atoms with Gasteiger partial charge >= 0.3 is 0 Å². The molecule has 194 valence electrons. The van der Waals surface area contributed by atoms with Crippen LogP contribution in [0.2, 0.25) is 0 Å². The molecule has 2 nitrogen and oxygen atoms in total. The van der Waals surface area contributed by atoms with E-state index in [2.05, 4.69) is 144 Å². The Morgan fingerprint density at radius 3 is 1.55 bits per heavy atom. The summed E-state index contributed by atoms with van der Waals surface area (Å²) in [5, 5.41) is 2.83. The van der Waals surface area contributed by atoms with Gasteiger partial charge < -0.3 is 4.74 Å². The fraction of sp³-hybridized carbons (Fsp3) is 0.286. The van der Waals surface area contributed by atoms with Gasteiger partial charge in [-0.1, -0.05) is 130 Å². The summed E-state index contributed by atoms with van der Waals surface area (Å²) in [6.07, 6.45) is 0.877. The molecule has 0 unspecified atom stereocenters. The number of hydrogen-bond donors (Lipinski definition) is 0. The van der Waals surface area contributed by atoms with Crippen molar-refractivity contribution in [1.82, 2.24) is 0 Å². The molecule has 5 rings (SSSR count). The zero-order chi connectivity index (χ0) is 26.8. The van der Waals surface area contributed by atoms with Crippen LogP contribution in [0.3, 0.4) is 0 Å². The van der Waals surface area contributed by atoms with Gasteiger partial charge in [0.15, 0.2) is 5.90 Å². The quantitative estimate of drug-likeness (QED) is 0.231. The van der Waals surface area contributed by atoms with E-state index in [1.807, 2.05) is 0 Å². The summed E-state index contributed by atoms with van der Waals surface area (Å²) in [5.41, 5.74) is 4.64. The van der Waals surface area contributed by atoms with E-state index in [0.29, 0.717) is 6.61 Å². The largest absolute Gasteiger partial charge is 0.478 e. The number of rotatable bonds is 7. The summed E-state index contributed by atoms with van der Waals surface area (Å²) in [6, 6.07) is 39.7. The molecule has 0 bridgehead atoms. The Morgan fingerprint density at radius 2 is 1.13 bits per heavy atom. The summed E-state index contributed by atoms with van der Waals surface area (Å²) in [7, 11) is -0.747. The third-order valence-electron chi connectivity index (χ3n) is 7.76. The highest BCUT2D eigenvalue weighted by Gasteiger charge is 2.47. The van der Waals surface area contributed by atoms with E-state index < -0.39 is 13.3 Å². The molecule has 1 atom stereocenters. The lowest BCUT2D eigenvalue weighted by molar-refractivity contribution is 0.229. The maximum absolute atomic E-state index is 6.66. The number of benzene rings is 4. The Labute approximate surface area is 229 Å². The summed E-state index contributed by atoms with van der Waals surface area (Å²) >= 11 is 0. The van der Waals surface area contributed by atoms with Crippen molar-refractivity contribution in [2.24, 2.45) is 10.4 Å². The molecular weight excluding hydrogens is 481 g/mol. The molecule has 0 saturated carbocycles. The Balaban J connectivity index is 1.80. The first-order valence-electron chi connectivity index (χ1n) is 13.5. The van der Waals surface area contributed by atoms with Gasteiger partial charge in [-0.2, -0.15) is 0 Å². The van der Waals surface area contributed by atoms with Crippen LogP contribution in [0, 0.1) is 19.3 Å². The molecule has 0 N–H and O–H groups in total. The molecule has 0 amide bonds. The monoisotopic (exact) mass is 519 g/mol. The van der Waals surface area contributed by atoms with Gasteiger partial charge in [-0.05, 0) is 66.2 Å². The normalized spacial score (nSPS) is 15.8. The number of aliphatic imine (C=N–C) groups is 1. The van der Waals surface area contributed by atoms with Crippen LogP contribution in [0.1, 0.15) is 43.0 Å². The molecule has 1 heterocycles. The lowest BCUT2D eigenvalue weighted by atomic mass is 9.75. The minimum absolute atomic E-state index is 0.0254. The van der Waals surface area contributed by atoms with Gasteiger partial charge in [0.25, 0.3) is 0 Å². The molecule has 0 saturated heterocycles. The zero-order valence-electron chi connectivity index (χ0n) is 23.2. The number of hydrogen-bond acceptors (Lipinski definition) is 2. The zero-order valence-corrected chi connectivity index (χ0v) is 24.1. The van der Waals surface area contributed by atoms with Gasteiger partial charge in [0.1, 0.15) is 12.0 Å². The molecule has 38 heavy (non-hydrogen) atoms. The first-order chi connectivity index (χ1) is 18.3. The van der Waals surface area contributed by atoms with E-state index in [0.717, 1.165) is 12.1 Å². The maximum Gasteiger partial charge on any atom is 0.199 e. The summed E-state index contributed by atoms with van der Waals surface area (Å²) in [5.74, 6) is 0.851. The van der Waals surface area contributed by atoms with Gasteiger partial charge in [0.05, 0.1) is 6.04 Å². The number of nitrogens with zero attached hydrogens (tertiary/aromatic N) is 1. The highest BCUT2D eigenvalue weighted by Crippen LogP contribution is 2.49. The van der Waals surface area contributed by atoms with Crippen molar-refractivity contribution in [3.63, 3.8) is 0 Å². The van der Waals surface area contributed by atoms with E-state index in [-0.39, 0.29) is 11.5 Å². The number of aryl methyl sites for hydroxylation is 2. The predicted molar refractivity (Wildman–Crippen MR) is 164 cm³/mol. The maximum atomic E-state index is 6.66. The average Bonchev–Trinajstić information content (AvgIpc) is 3.43. The van der Waals surface area contributed by atoms with Crippen LogP contribution in [0.4, 0.5) is 0 Å². The highest BCUT2D eigenvalue weighted by atomic mass is 31.1. The smallest absolute Gasteiger partial charge is 0.199 e. The fourth-order valence-electron chi connectivity index (χ4n) is 5.43. The minimum Gasteiger partial charge on any atom is -0.478 e. The Hall–Kier alpha value is -3.22. The lowest BCUT2D eigenvalue weighted by Gasteiger charge is -2.38. The van der Waals surface area contributed by atoms with Crippen LogP contribution in [-0.4, -0.2) is 24.7 Å². The van der Waals surface area contributed by atoms with Crippen LogP contribution < -0.4 is 10.6 Å². The van der Waals surface area contributed by atoms with Crippen molar-refractivity contribution in [1.29, 1.82) is 0 Å². The Kier molecular flexibility index (Phi) is 7.55. The lowest BCUT2D eigenvalue weighted by Crippen LogP contribution is -2.43. The Morgan fingerprint density at radius 1 is 0.684 bits per heavy atom. The van der Waals surface area contributed by atoms with Crippen molar-refractivity contribution in [3.05, 3.63) is 131 Å². The van der Waals surface area contributed by atoms with E-state index in [9.17, 15) is 0 Å². The third-order valence-corrected chi connectivity index (χ3v) is 10.7. The first-order valence-corrected chi connectivity index (χ1v) is 15.0. The van der Waals surface area contributed by atoms with E-state index >= 15 is 0 Å². The van der Waals surface area contributed by atoms with Crippen LogP contribution in [-0.2, 0) is 10.2 Å². The van der Waals surface area contributed by atoms with Gasteiger partial charge in [-0.3, -0.25) is 0 Å². The molecule has 0 aromatic heterocycles. The minimum atomic E-state index is -0.747. The molecule has 1 aliphatic rings. The Bertz CT molecular complexity index is 1320. The second kappa shape index (κ2) is 10.9. The van der Waals surface area contributed by atoms with Gasteiger partial charge in [0.2, 0.25) is 0 Å². The topological polar surface area (TPSA) is 21.6 Å². The highest BCUT2D eigenvalue weighted by molar-refractivity contribution is 7.73. The van der Waals surface area contributed by atoms with E-state index in [1.165, 1.54) is 32.9 Å². The molecular formula is C35H38NOP. The van der Waals surface area contributed by atoms with Crippen LogP contribution in [0.25, 0.3) is 0 Å². The molecule has 0 radical (unpaired) electrons. The predicted octanol–water partition coefficient (Wildman–Crippen LogP) is 7.57. The van der Waals surface area contributed by atoms with Crippen LogP contribution >= 0.6 is 7.92 Å². The second-order valence-electron chi connectivity index (χ2n) is 11.4. The number of ether oxygens (including phenoxy) is 1. The van der Waals surface area contributed by atoms with Crippen molar-refractivity contribution in [2.45, 2.75) is 46.1 Å². The summed E-state index contributed by atoms with van der Waals surface area (Å²) < 4.78 is 6.66. The van der Waals surface area contributed by atoms with Crippen LogP contribution in [0.15, 0.2) is 114 Å². The third kappa shape index (κ3) is 5.07. The van der Waals surface area contributed by atoms with Gasteiger partial charge in [-0.25, -0.2) is 4.99 Å². The molecule has 0 fully saturated rings. The van der Waals surface area contributed by atoms with Crippen molar-refractivity contribution >= 4 is 24.4 Å². The summed E-state index contributed by atoms with van der Waals surface area (Å²) in [4.78, 5) is 5.37. The van der Waals surface area contributed by atoms with Crippen molar-refractivity contribution in [3.8, 4) is 0 Å². The van der Waals surface area contributed by atoms with E-state index in [1.54, 1.807) is 0 Å². The molecule has 0 spiro atoms. The average molecular weight is 520 g/mol. The second-order valence-corrected chi connectivity index (χ2v) is 13.6. The molecule has 3 heteroatoms. The fourth-order valence-corrected chi connectivity index (χ4v) is 8.54. The molecule has 1 aliphatic heterocycles. The standard InChI is InChI=1S/C35H38NOP/c1-26-16-12-14-22-30(26)38(31-23-15-13-17-27(31)2)25-35(28-18-8-6-9-19-28,29-20-10-7-11-21-29)33-36-32(24-37-33)34(3,4)5/h6-23,32H,24-25H2,1-5H3/t32-/m1/s1.